The molecular weight excluding hydrogens is 358 g/mol. The first-order valence-electron chi connectivity index (χ1n) is 9.32. The third-order valence-corrected chi connectivity index (χ3v) is 4.82. The van der Waals surface area contributed by atoms with Gasteiger partial charge in [0.15, 0.2) is 5.82 Å². The van der Waals surface area contributed by atoms with Gasteiger partial charge in [-0.3, -0.25) is 9.78 Å². The first-order valence-corrected chi connectivity index (χ1v) is 9.32. The molecule has 0 aliphatic carbocycles. The molecule has 1 aliphatic heterocycles. The van der Waals surface area contributed by atoms with E-state index in [0.29, 0.717) is 25.3 Å². The van der Waals surface area contributed by atoms with Crippen LogP contribution in [-0.4, -0.2) is 41.8 Å². The molecule has 1 atom stereocenters. The van der Waals surface area contributed by atoms with Gasteiger partial charge in [0.2, 0.25) is 5.91 Å². The van der Waals surface area contributed by atoms with Crippen LogP contribution in [0, 0.1) is 5.92 Å². The smallest absolute Gasteiger partial charge is 0.220 e. The predicted molar refractivity (Wildman–Crippen MR) is 102 cm³/mol. The molecule has 1 aliphatic rings. The number of pyridine rings is 1. The maximum absolute atomic E-state index is 11.3. The highest BCUT2D eigenvalue weighted by Gasteiger charge is 2.23. The fourth-order valence-corrected chi connectivity index (χ4v) is 3.27. The van der Waals surface area contributed by atoms with E-state index in [1.54, 1.807) is 19.4 Å². The highest BCUT2D eigenvalue weighted by atomic mass is 16.5. The standard InChI is InChI=1S/C19H23N7O2/c1-11(2)26-19(22-10-23-26)15-9-25-4-5-28-16-7-13(6-12(3)17(20)27)21-8-14(16)18(25)24-15/h7-12H,4-6H2,1-3H3,(H2,20,27)/t12-/m1/s1. The molecule has 3 aromatic heterocycles. The van der Waals surface area contributed by atoms with Gasteiger partial charge >= 0.3 is 0 Å². The maximum Gasteiger partial charge on any atom is 0.220 e. The summed E-state index contributed by atoms with van der Waals surface area (Å²) in [6.07, 6.45) is 5.74. The lowest BCUT2D eigenvalue weighted by Gasteiger charge is -2.10. The van der Waals surface area contributed by atoms with Crippen molar-refractivity contribution < 1.29 is 9.53 Å². The summed E-state index contributed by atoms with van der Waals surface area (Å²) in [5, 5.41) is 4.30. The molecule has 4 rings (SSSR count). The second-order valence-electron chi connectivity index (χ2n) is 7.29. The number of fused-ring (bicyclic) bond motifs is 3. The number of rotatable bonds is 5. The van der Waals surface area contributed by atoms with E-state index < -0.39 is 0 Å². The summed E-state index contributed by atoms with van der Waals surface area (Å²) in [4.78, 5) is 25.0. The Kier molecular flexibility index (Phi) is 4.58. The largest absolute Gasteiger partial charge is 0.491 e. The lowest BCUT2D eigenvalue weighted by Crippen LogP contribution is -2.22. The van der Waals surface area contributed by atoms with Gasteiger partial charge in [0.25, 0.3) is 0 Å². The van der Waals surface area contributed by atoms with Crippen molar-refractivity contribution in [2.75, 3.05) is 6.61 Å². The summed E-state index contributed by atoms with van der Waals surface area (Å²) in [6, 6.07) is 2.06. The minimum atomic E-state index is -0.341. The number of imidazole rings is 1. The maximum atomic E-state index is 11.3. The van der Waals surface area contributed by atoms with Gasteiger partial charge in [-0.05, 0) is 13.8 Å². The topological polar surface area (TPSA) is 114 Å². The molecule has 4 heterocycles. The third-order valence-electron chi connectivity index (χ3n) is 4.82. The molecule has 146 valence electrons. The van der Waals surface area contributed by atoms with E-state index in [-0.39, 0.29) is 17.9 Å². The molecule has 0 saturated carbocycles. The molecule has 1 amide bonds. The van der Waals surface area contributed by atoms with Gasteiger partial charge in [0.1, 0.15) is 30.2 Å². The molecule has 0 fully saturated rings. The molecule has 0 bridgehead atoms. The number of carbonyl (C=O) groups is 1. The van der Waals surface area contributed by atoms with Crippen molar-refractivity contribution in [1.82, 2.24) is 29.3 Å². The van der Waals surface area contributed by atoms with Crippen molar-refractivity contribution in [1.29, 1.82) is 0 Å². The van der Waals surface area contributed by atoms with Crippen LogP contribution in [0.1, 0.15) is 32.5 Å². The summed E-state index contributed by atoms with van der Waals surface area (Å²) in [5.41, 5.74) is 7.72. The minimum absolute atomic E-state index is 0.186. The molecule has 0 aromatic carbocycles. The minimum Gasteiger partial charge on any atom is -0.491 e. The fourth-order valence-electron chi connectivity index (χ4n) is 3.27. The molecule has 0 radical (unpaired) electrons. The zero-order chi connectivity index (χ0) is 19.8. The van der Waals surface area contributed by atoms with E-state index in [0.717, 1.165) is 28.6 Å². The molecule has 28 heavy (non-hydrogen) atoms. The van der Waals surface area contributed by atoms with Crippen LogP contribution in [0.25, 0.3) is 22.9 Å². The number of primary amides is 1. The Bertz CT molecular complexity index is 1020. The summed E-state index contributed by atoms with van der Waals surface area (Å²) < 4.78 is 9.82. The Balaban J connectivity index is 1.72. The van der Waals surface area contributed by atoms with E-state index in [1.165, 1.54) is 0 Å². The third kappa shape index (κ3) is 3.23. The quantitative estimate of drug-likeness (QED) is 0.721. The number of aromatic nitrogens is 6. The van der Waals surface area contributed by atoms with Crippen LogP contribution in [0.2, 0.25) is 0 Å². The first kappa shape index (κ1) is 18.1. The van der Waals surface area contributed by atoms with Gasteiger partial charge in [-0.1, -0.05) is 6.92 Å². The molecule has 0 spiro atoms. The fraction of sp³-hybridized carbons (Fsp3) is 0.421. The van der Waals surface area contributed by atoms with Crippen LogP contribution in [0.3, 0.4) is 0 Å². The lowest BCUT2D eigenvalue weighted by atomic mass is 10.0. The number of nitrogens with zero attached hydrogens (tertiary/aromatic N) is 6. The van der Waals surface area contributed by atoms with E-state index in [1.807, 2.05) is 21.5 Å². The van der Waals surface area contributed by atoms with Gasteiger partial charge in [-0.25, -0.2) is 14.6 Å². The summed E-state index contributed by atoms with van der Waals surface area (Å²) in [5.74, 6) is 1.60. The van der Waals surface area contributed by atoms with Gasteiger partial charge in [-0.15, -0.1) is 0 Å². The molecule has 2 N–H and O–H groups in total. The monoisotopic (exact) mass is 381 g/mol. The predicted octanol–water partition coefficient (Wildman–Crippen LogP) is 1.84. The van der Waals surface area contributed by atoms with Crippen LogP contribution in [0.5, 0.6) is 5.75 Å². The second-order valence-corrected chi connectivity index (χ2v) is 7.29. The van der Waals surface area contributed by atoms with Gasteiger partial charge < -0.3 is 15.0 Å². The van der Waals surface area contributed by atoms with Crippen LogP contribution in [0.15, 0.2) is 24.8 Å². The van der Waals surface area contributed by atoms with E-state index in [2.05, 4.69) is 28.9 Å². The van der Waals surface area contributed by atoms with Crippen molar-refractivity contribution in [3.05, 3.63) is 30.5 Å². The first-order chi connectivity index (χ1) is 13.4. The molecular formula is C19H23N7O2. The van der Waals surface area contributed by atoms with E-state index >= 15 is 0 Å². The van der Waals surface area contributed by atoms with Crippen LogP contribution < -0.4 is 10.5 Å². The number of hydrogen-bond acceptors (Lipinski definition) is 6. The van der Waals surface area contributed by atoms with Crippen molar-refractivity contribution in [2.24, 2.45) is 11.7 Å². The molecule has 0 saturated heterocycles. The number of hydrogen-bond donors (Lipinski definition) is 1. The van der Waals surface area contributed by atoms with Crippen molar-refractivity contribution >= 4 is 5.91 Å². The van der Waals surface area contributed by atoms with E-state index in [9.17, 15) is 4.79 Å². The van der Waals surface area contributed by atoms with Gasteiger partial charge in [0.05, 0.1) is 12.1 Å². The Morgan fingerprint density at radius 2 is 2.11 bits per heavy atom. The average molecular weight is 381 g/mol. The number of carbonyl (C=O) groups excluding carboxylic acids is 1. The highest BCUT2D eigenvalue weighted by molar-refractivity contribution is 5.76. The number of amides is 1. The Labute approximate surface area is 162 Å². The SMILES string of the molecule is CC(C)n1ncnc1-c1cn2c(n1)-c1cnc(C[C@@H](C)C(N)=O)cc1OCC2. The van der Waals surface area contributed by atoms with Crippen molar-refractivity contribution in [2.45, 2.75) is 39.8 Å². The zero-order valence-corrected chi connectivity index (χ0v) is 16.2. The van der Waals surface area contributed by atoms with Gasteiger partial charge in [0, 0.05) is 42.5 Å². The van der Waals surface area contributed by atoms with Crippen molar-refractivity contribution in [3.8, 4) is 28.7 Å². The van der Waals surface area contributed by atoms with E-state index in [4.69, 9.17) is 15.5 Å². The van der Waals surface area contributed by atoms with Crippen LogP contribution in [-0.2, 0) is 17.8 Å². The lowest BCUT2D eigenvalue weighted by molar-refractivity contribution is -0.121. The Morgan fingerprint density at radius 3 is 2.86 bits per heavy atom. The Hall–Kier alpha value is -3.23. The second kappa shape index (κ2) is 7.06. The molecule has 3 aromatic rings. The molecule has 0 unspecified atom stereocenters. The summed E-state index contributed by atoms with van der Waals surface area (Å²) in [6.45, 7) is 7.09. The van der Waals surface area contributed by atoms with Crippen LogP contribution in [0.4, 0.5) is 0 Å². The highest BCUT2D eigenvalue weighted by Crippen LogP contribution is 2.34. The average Bonchev–Trinajstić information content (AvgIpc) is 3.26. The van der Waals surface area contributed by atoms with Gasteiger partial charge in [-0.2, -0.15) is 5.10 Å². The zero-order valence-electron chi connectivity index (χ0n) is 16.2. The molecule has 9 heteroatoms. The van der Waals surface area contributed by atoms with Crippen LogP contribution >= 0.6 is 0 Å². The summed E-state index contributed by atoms with van der Waals surface area (Å²) in [7, 11) is 0. The van der Waals surface area contributed by atoms with Crippen molar-refractivity contribution in [3.63, 3.8) is 0 Å². The summed E-state index contributed by atoms with van der Waals surface area (Å²) >= 11 is 0. The number of ether oxygens (including phenoxy) is 1. The Morgan fingerprint density at radius 1 is 1.29 bits per heavy atom. The number of nitrogens with two attached hydrogens (primary N) is 1. The molecule has 9 nitrogen and oxygen atoms in total. The normalized spacial score (nSPS) is 14.1.